The molecular formula is C32H26S10. The van der Waals surface area contributed by atoms with Gasteiger partial charge in [0.2, 0.25) is 0 Å². The third-order valence-electron chi connectivity index (χ3n) is 7.03. The molecule has 2 aliphatic heterocycles. The van der Waals surface area contributed by atoms with Crippen LogP contribution in [-0.4, -0.2) is 23.0 Å². The molecule has 0 saturated heterocycles. The molecule has 6 aromatic rings. The molecule has 8 rings (SSSR count). The smallest absolute Gasteiger partial charge is 0.0741 e. The molecule has 0 aliphatic carbocycles. The van der Waals surface area contributed by atoms with Gasteiger partial charge in [-0.25, -0.2) is 0 Å². The molecule has 0 spiro atoms. The van der Waals surface area contributed by atoms with Crippen LogP contribution in [0.15, 0.2) is 78.9 Å². The van der Waals surface area contributed by atoms with Crippen molar-refractivity contribution in [3.8, 4) is 48.8 Å². The van der Waals surface area contributed by atoms with Crippen LogP contribution in [0.1, 0.15) is 25.7 Å². The Morgan fingerprint density at radius 2 is 0.595 bits per heavy atom. The predicted octanol–water partition coefficient (Wildman–Crippen LogP) is 14.3. The summed E-state index contributed by atoms with van der Waals surface area (Å²) in [5.41, 5.74) is 0. The van der Waals surface area contributed by atoms with Gasteiger partial charge in [-0.3, -0.25) is 0 Å². The third kappa shape index (κ3) is 6.19. The minimum absolute atomic E-state index is 1.25. The Hall–Kier alpha value is -0.400. The van der Waals surface area contributed by atoms with Gasteiger partial charge in [0.15, 0.2) is 0 Å². The van der Waals surface area contributed by atoms with Crippen LogP contribution in [-0.2, 0) is 0 Å². The van der Waals surface area contributed by atoms with Crippen LogP contribution in [0.4, 0.5) is 0 Å². The van der Waals surface area contributed by atoms with Crippen molar-refractivity contribution in [2.45, 2.75) is 43.9 Å². The summed E-state index contributed by atoms with van der Waals surface area (Å²) in [6.07, 6.45) is 5.34. The first kappa shape index (κ1) is 29.0. The Bertz CT molecular complexity index is 1630. The number of hydrogen-bond acceptors (Lipinski definition) is 10. The fourth-order valence-electron chi connectivity index (χ4n) is 4.87. The van der Waals surface area contributed by atoms with Gasteiger partial charge in [-0.1, -0.05) is 0 Å². The summed E-state index contributed by atoms with van der Waals surface area (Å²) >= 11 is 19.9. The van der Waals surface area contributed by atoms with E-state index in [0.29, 0.717) is 0 Å². The van der Waals surface area contributed by atoms with Gasteiger partial charge < -0.3 is 0 Å². The first-order valence-corrected chi connectivity index (χ1v) is 22.8. The van der Waals surface area contributed by atoms with Crippen molar-refractivity contribution in [1.82, 2.24) is 0 Å². The Kier molecular flexibility index (Phi) is 9.08. The van der Waals surface area contributed by atoms with Crippen molar-refractivity contribution in [1.29, 1.82) is 0 Å². The van der Waals surface area contributed by atoms with Crippen molar-refractivity contribution in [2.24, 2.45) is 0 Å². The molecule has 0 atom stereocenters. The molecule has 8 heterocycles. The van der Waals surface area contributed by atoms with Crippen LogP contribution >= 0.6 is 115 Å². The number of fused-ring (bicyclic) bond motifs is 2. The lowest BCUT2D eigenvalue weighted by molar-refractivity contribution is 0.903. The number of thioether (sulfide) groups is 4. The molecule has 0 N–H and O–H groups in total. The first-order chi connectivity index (χ1) is 20.8. The van der Waals surface area contributed by atoms with Crippen LogP contribution in [0.25, 0.3) is 48.8 Å². The standard InChI is InChI=1S/C32H26S10/c1-3-15-35-31-29(33-13-1)17-27(41-31)25-11-9-23(39-25)21-7-5-19(37-21)20-6-8-22(38-20)24-10-12-26(40-24)28-18-30-32(42-28)36-16-4-2-14-34-30/h5-12,17-18H,1-4,13-16H2. The van der Waals surface area contributed by atoms with Crippen LogP contribution in [0.3, 0.4) is 0 Å². The Labute approximate surface area is 288 Å². The summed E-state index contributed by atoms with van der Waals surface area (Å²) in [6, 6.07) is 23.4. The first-order valence-electron chi connectivity index (χ1n) is 14.0. The topological polar surface area (TPSA) is 0 Å². The summed E-state index contributed by atoms with van der Waals surface area (Å²) in [5, 5.41) is 0. The SMILES string of the molecule is c1cc(-c2ccc(-c3cc4c(s3)SCCCCS4)s2)sc1-c1ccc(-c2ccc(-c3cc4c(s3)SCCCCS4)s2)s1. The highest BCUT2D eigenvalue weighted by Crippen LogP contribution is 2.50. The van der Waals surface area contributed by atoms with E-state index in [0.717, 1.165) is 0 Å². The zero-order chi connectivity index (χ0) is 27.9. The van der Waals surface area contributed by atoms with Crippen LogP contribution in [0.5, 0.6) is 0 Å². The second kappa shape index (κ2) is 13.1. The average molecular weight is 731 g/mol. The molecule has 0 amide bonds. The molecule has 42 heavy (non-hydrogen) atoms. The maximum Gasteiger partial charge on any atom is 0.0741 e. The number of thiophene rings is 6. The van der Waals surface area contributed by atoms with E-state index in [1.807, 2.05) is 91.5 Å². The molecule has 0 radical (unpaired) electrons. The van der Waals surface area contributed by atoms with Gasteiger partial charge in [0, 0.05) is 58.6 Å². The molecule has 0 aromatic carbocycles. The van der Waals surface area contributed by atoms with E-state index >= 15 is 0 Å². The normalized spacial score (nSPS) is 15.9. The van der Waals surface area contributed by atoms with Crippen LogP contribution in [0.2, 0.25) is 0 Å². The van der Waals surface area contributed by atoms with Crippen LogP contribution in [0, 0.1) is 0 Å². The predicted molar refractivity (Wildman–Crippen MR) is 202 cm³/mol. The molecule has 0 bridgehead atoms. The van der Waals surface area contributed by atoms with Gasteiger partial charge in [-0.15, -0.1) is 115 Å². The second-order valence-corrected chi connectivity index (χ2v) is 21.4. The van der Waals surface area contributed by atoms with E-state index in [1.54, 1.807) is 0 Å². The Morgan fingerprint density at radius 1 is 0.310 bits per heavy atom. The molecule has 10 heteroatoms. The van der Waals surface area contributed by atoms with Crippen molar-refractivity contribution >= 4 is 115 Å². The molecule has 0 saturated carbocycles. The molecule has 2 aliphatic rings. The van der Waals surface area contributed by atoms with E-state index in [2.05, 4.69) is 84.2 Å². The van der Waals surface area contributed by atoms with E-state index in [9.17, 15) is 0 Å². The van der Waals surface area contributed by atoms with Crippen molar-refractivity contribution < 1.29 is 0 Å². The minimum Gasteiger partial charge on any atom is -0.134 e. The summed E-state index contributed by atoms with van der Waals surface area (Å²) in [7, 11) is 0. The number of rotatable bonds is 5. The van der Waals surface area contributed by atoms with Gasteiger partial charge in [-0.2, -0.15) is 0 Å². The molecule has 0 unspecified atom stereocenters. The monoisotopic (exact) mass is 730 g/mol. The maximum atomic E-state index is 2.44. The fraction of sp³-hybridized carbons (Fsp3) is 0.250. The zero-order valence-electron chi connectivity index (χ0n) is 22.5. The summed E-state index contributed by atoms with van der Waals surface area (Å²) in [6.45, 7) is 0. The third-order valence-corrected chi connectivity index (χ3v) is 20.1. The van der Waals surface area contributed by atoms with Gasteiger partial charge in [0.25, 0.3) is 0 Å². The van der Waals surface area contributed by atoms with Gasteiger partial charge >= 0.3 is 0 Å². The maximum absolute atomic E-state index is 2.44. The van der Waals surface area contributed by atoms with Gasteiger partial charge in [0.05, 0.1) is 8.42 Å². The van der Waals surface area contributed by atoms with Crippen molar-refractivity contribution in [3.05, 3.63) is 60.7 Å². The van der Waals surface area contributed by atoms with E-state index in [4.69, 9.17) is 0 Å². The lowest BCUT2D eigenvalue weighted by Gasteiger charge is -2.07. The fourth-order valence-corrected chi connectivity index (χ4v) is 17.1. The van der Waals surface area contributed by atoms with Gasteiger partial charge in [-0.05, 0) is 109 Å². The molecule has 6 aromatic heterocycles. The Morgan fingerprint density at radius 3 is 0.929 bits per heavy atom. The minimum atomic E-state index is 1.25. The quantitative estimate of drug-likeness (QED) is 0.173. The highest BCUT2D eigenvalue weighted by molar-refractivity contribution is 8.04. The molecule has 0 fully saturated rings. The highest BCUT2D eigenvalue weighted by atomic mass is 32.2. The largest absolute Gasteiger partial charge is 0.134 e. The highest BCUT2D eigenvalue weighted by Gasteiger charge is 2.18. The van der Waals surface area contributed by atoms with Crippen LogP contribution < -0.4 is 0 Å². The van der Waals surface area contributed by atoms with Crippen molar-refractivity contribution in [2.75, 3.05) is 23.0 Å². The van der Waals surface area contributed by atoms with E-state index < -0.39 is 0 Å². The summed E-state index contributed by atoms with van der Waals surface area (Å²) in [5.74, 6) is 5.02. The zero-order valence-corrected chi connectivity index (χ0v) is 30.7. The summed E-state index contributed by atoms with van der Waals surface area (Å²) < 4.78 is 3.04. The van der Waals surface area contributed by atoms with E-state index in [-0.39, 0.29) is 0 Å². The van der Waals surface area contributed by atoms with Crippen molar-refractivity contribution in [3.63, 3.8) is 0 Å². The lowest BCUT2D eigenvalue weighted by Crippen LogP contribution is -1.87. The lowest BCUT2D eigenvalue weighted by atomic mass is 10.3. The molecule has 0 nitrogen and oxygen atoms in total. The number of hydrogen-bond donors (Lipinski definition) is 0. The molecular weight excluding hydrogens is 705 g/mol. The summed E-state index contributed by atoms with van der Waals surface area (Å²) in [4.78, 5) is 16.9. The van der Waals surface area contributed by atoms with Gasteiger partial charge in [0.1, 0.15) is 0 Å². The average Bonchev–Trinajstić information content (AvgIpc) is 3.80. The molecule has 214 valence electrons. The second-order valence-electron chi connectivity index (χ2n) is 9.99. The van der Waals surface area contributed by atoms with E-state index in [1.165, 1.54) is 116 Å². The Balaban J connectivity index is 0.991.